The van der Waals surface area contributed by atoms with Gasteiger partial charge in [-0.1, -0.05) is 13.3 Å². The van der Waals surface area contributed by atoms with E-state index in [1.165, 1.54) is 24.9 Å². The van der Waals surface area contributed by atoms with Crippen LogP contribution >= 0.6 is 0 Å². The maximum absolute atomic E-state index is 11.8. The molecule has 23 heavy (non-hydrogen) atoms. The van der Waals surface area contributed by atoms with Gasteiger partial charge in [-0.15, -0.1) is 0 Å². The summed E-state index contributed by atoms with van der Waals surface area (Å²) in [6, 6.07) is 7.82. The molecule has 2 rings (SSSR count). The minimum Gasteiger partial charge on any atom is -0.456 e. The Kier molecular flexibility index (Phi) is 6.91. The van der Waals surface area contributed by atoms with E-state index in [2.05, 4.69) is 10.2 Å². The van der Waals surface area contributed by atoms with E-state index < -0.39 is 0 Å². The first-order chi connectivity index (χ1) is 11.2. The van der Waals surface area contributed by atoms with Gasteiger partial charge in [-0.2, -0.15) is 0 Å². The highest BCUT2D eigenvalue weighted by Crippen LogP contribution is 2.21. The van der Waals surface area contributed by atoms with Crippen LogP contribution in [-0.2, 0) is 14.3 Å². The highest BCUT2D eigenvalue weighted by atomic mass is 16.5. The van der Waals surface area contributed by atoms with Crippen molar-refractivity contribution in [3.8, 4) is 0 Å². The van der Waals surface area contributed by atoms with Gasteiger partial charge in [-0.3, -0.25) is 9.59 Å². The Bertz CT molecular complexity index is 508. The number of rotatable bonds is 7. The van der Waals surface area contributed by atoms with Gasteiger partial charge in [0.25, 0.3) is 5.91 Å². The summed E-state index contributed by atoms with van der Waals surface area (Å²) in [5.74, 6) is -0.622. The third-order valence-corrected chi connectivity index (χ3v) is 3.97. The van der Waals surface area contributed by atoms with Gasteiger partial charge in [0.2, 0.25) is 0 Å². The fraction of sp³-hybridized carbons (Fsp3) is 0.556. The van der Waals surface area contributed by atoms with Crippen LogP contribution in [0.4, 0.5) is 11.4 Å². The number of unbranched alkanes of at least 4 members (excludes halogenated alkanes) is 1. The van der Waals surface area contributed by atoms with Crippen LogP contribution in [0.15, 0.2) is 24.3 Å². The largest absolute Gasteiger partial charge is 0.456 e. The Morgan fingerprint density at radius 3 is 2.48 bits per heavy atom. The van der Waals surface area contributed by atoms with Crippen LogP contribution < -0.4 is 10.2 Å². The second-order valence-corrected chi connectivity index (χ2v) is 5.91. The predicted molar refractivity (Wildman–Crippen MR) is 91.6 cm³/mol. The lowest BCUT2D eigenvalue weighted by atomic mass is 10.1. The number of anilines is 2. The molecule has 1 aliphatic rings. The molecule has 1 heterocycles. The lowest BCUT2D eigenvalue weighted by Crippen LogP contribution is -2.29. The van der Waals surface area contributed by atoms with Crippen molar-refractivity contribution in [2.75, 3.05) is 29.9 Å². The van der Waals surface area contributed by atoms with Crippen LogP contribution in [0.2, 0.25) is 0 Å². The van der Waals surface area contributed by atoms with E-state index >= 15 is 0 Å². The molecule has 1 N–H and O–H groups in total. The van der Waals surface area contributed by atoms with Crippen molar-refractivity contribution in [3.05, 3.63) is 24.3 Å². The van der Waals surface area contributed by atoms with Crippen molar-refractivity contribution in [1.82, 2.24) is 0 Å². The van der Waals surface area contributed by atoms with Gasteiger partial charge in [-0.25, -0.2) is 0 Å². The van der Waals surface area contributed by atoms with Crippen molar-refractivity contribution in [3.63, 3.8) is 0 Å². The average Bonchev–Trinajstić information content (AvgIpc) is 2.59. The number of amides is 1. The number of hydrogen-bond donors (Lipinski definition) is 1. The van der Waals surface area contributed by atoms with E-state index in [0.717, 1.165) is 31.6 Å². The number of esters is 1. The molecule has 5 heteroatoms. The van der Waals surface area contributed by atoms with Crippen molar-refractivity contribution < 1.29 is 14.3 Å². The van der Waals surface area contributed by atoms with Crippen LogP contribution in [0.1, 0.15) is 45.4 Å². The Labute approximate surface area is 138 Å². The van der Waals surface area contributed by atoms with Crippen LogP contribution in [-0.4, -0.2) is 31.6 Å². The third kappa shape index (κ3) is 5.93. The maximum Gasteiger partial charge on any atom is 0.306 e. The molecular formula is C18H26N2O3. The number of benzene rings is 1. The maximum atomic E-state index is 11.8. The molecule has 0 saturated carbocycles. The van der Waals surface area contributed by atoms with Gasteiger partial charge in [0.15, 0.2) is 6.61 Å². The molecule has 1 aromatic rings. The zero-order chi connectivity index (χ0) is 16.5. The van der Waals surface area contributed by atoms with Crippen LogP contribution in [0.3, 0.4) is 0 Å². The molecule has 126 valence electrons. The standard InChI is InChI=1S/C18H26N2O3/c1-2-3-7-18(22)23-14-17(21)19-15-8-10-16(11-9-15)20-12-5-4-6-13-20/h8-11H,2-7,12-14H2,1H3,(H,19,21). The molecule has 1 aliphatic heterocycles. The van der Waals surface area contributed by atoms with Gasteiger partial charge in [0.05, 0.1) is 0 Å². The Balaban J connectivity index is 1.76. The number of carbonyl (C=O) groups is 2. The molecule has 0 spiro atoms. The Morgan fingerprint density at radius 2 is 1.83 bits per heavy atom. The molecule has 0 bridgehead atoms. The molecular weight excluding hydrogens is 292 g/mol. The van der Waals surface area contributed by atoms with E-state index in [1.54, 1.807) is 0 Å². The molecule has 5 nitrogen and oxygen atoms in total. The second-order valence-electron chi connectivity index (χ2n) is 5.91. The number of hydrogen-bond acceptors (Lipinski definition) is 4. The normalized spacial score (nSPS) is 14.4. The summed E-state index contributed by atoms with van der Waals surface area (Å²) in [6.07, 6.45) is 5.88. The topological polar surface area (TPSA) is 58.6 Å². The molecule has 0 radical (unpaired) electrons. The Hall–Kier alpha value is -2.04. The number of piperidine rings is 1. The number of nitrogens with zero attached hydrogens (tertiary/aromatic N) is 1. The highest BCUT2D eigenvalue weighted by molar-refractivity contribution is 5.92. The summed E-state index contributed by atoms with van der Waals surface area (Å²) in [5, 5.41) is 2.75. The third-order valence-electron chi connectivity index (χ3n) is 3.97. The molecule has 1 aromatic carbocycles. The first kappa shape index (κ1) is 17.3. The highest BCUT2D eigenvalue weighted by Gasteiger charge is 2.11. The number of ether oxygens (including phenoxy) is 1. The minimum atomic E-state index is -0.317. The summed E-state index contributed by atoms with van der Waals surface area (Å²) >= 11 is 0. The lowest BCUT2D eigenvalue weighted by Gasteiger charge is -2.28. The van der Waals surface area contributed by atoms with Crippen molar-refractivity contribution >= 4 is 23.3 Å². The van der Waals surface area contributed by atoms with Crippen LogP contribution in [0.25, 0.3) is 0 Å². The summed E-state index contributed by atoms with van der Waals surface area (Å²) in [6.45, 7) is 3.97. The summed E-state index contributed by atoms with van der Waals surface area (Å²) in [5.41, 5.74) is 1.91. The van der Waals surface area contributed by atoms with Crippen molar-refractivity contribution in [1.29, 1.82) is 0 Å². The van der Waals surface area contributed by atoms with Gasteiger partial charge >= 0.3 is 5.97 Å². The SMILES string of the molecule is CCCCC(=O)OCC(=O)Nc1ccc(N2CCCCC2)cc1. The van der Waals surface area contributed by atoms with E-state index in [4.69, 9.17) is 4.74 Å². The molecule has 0 aromatic heterocycles. The van der Waals surface area contributed by atoms with E-state index in [-0.39, 0.29) is 18.5 Å². The predicted octanol–water partition coefficient (Wildman–Crippen LogP) is 3.35. The van der Waals surface area contributed by atoms with Crippen molar-refractivity contribution in [2.45, 2.75) is 45.4 Å². The Morgan fingerprint density at radius 1 is 1.13 bits per heavy atom. The molecule has 0 aliphatic carbocycles. The molecule has 0 atom stereocenters. The van der Waals surface area contributed by atoms with Crippen molar-refractivity contribution in [2.24, 2.45) is 0 Å². The van der Waals surface area contributed by atoms with Gasteiger partial charge in [-0.05, 0) is 49.9 Å². The monoisotopic (exact) mass is 318 g/mol. The van der Waals surface area contributed by atoms with E-state index in [0.29, 0.717) is 6.42 Å². The molecule has 1 amide bonds. The molecule has 0 unspecified atom stereocenters. The average molecular weight is 318 g/mol. The number of carbonyl (C=O) groups excluding carboxylic acids is 2. The number of nitrogens with one attached hydrogen (secondary N) is 1. The van der Waals surface area contributed by atoms with E-state index in [1.807, 2.05) is 31.2 Å². The zero-order valence-corrected chi connectivity index (χ0v) is 13.8. The van der Waals surface area contributed by atoms with Crippen LogP contribution in [0, 0.1) is 0 Å². The molecule has 1 fully saturated rings. The summed E-state index contributed by atoms with van der Waals surface area (Å²) < 4.78 is 4.94. The summed E-state index contributed by atoms with van der Waals surface area (Å²) in [4.78, 5) is 25.5. The fourth-order valence-corrected chi connectivity index (χ4v) is 2.64. The first-order valence-corrected chi connectivity index (χ1v) is 8.49. The quantitative estimate of drug-likeness (QED) is 0.783. The second kappa shape index (κ2) is 9.18. The van der Waals surface area contributed by atoms with Gasteiger partial charge in [0.1, 0.15) is 0 Å². The molecule has 1 saturated heterocycles. The summed E-state index contributed by atoms with van der Waals surface area (Å²) in [7, 11) is 0. The van der Waals surface area contributed by atoms with Gasteiger partial charge in [0, 0.05) is 30.9 Å². The zero-order valence-electron chi connectivity index (χ0n) is 13.8. The smallest absolute Gasteiger partial charge is 0.306 e. The minimum absolute atomic E-state index is 0.226. The lowest BCUT2D eigenvalue weighted by molar-refractivity contribution is -0.147. The van der Waals surface area contributed by atoms with E-state index in [9.17, 15) is 9.59 Å². The van der Waals surface area contributed by atoms with Gasteiger partial charge < -0.3 is 15.0 Å². The van der Waals surface area contributed by atoms with Crippen LogP contribution in [0.5, 0.6) is 0 Å². The fourth-order valence-electron chi connectivity index (χ4n) is 2.64. The first-order valence-electron chi connectivity index (χ1n) is 8.49.